The van der Waals surface area contributed by atoms with Gasteiger partial charge >= 0.3 is 0 Å². The van der Waals surface area contributed by atoms with Crippen LogP contribution < -0.4 is 5.32 Å². The fraction of sp³-hybridized carbons (Fsp3) is 0.267. The molecule has 2 rings (SSSR count). The number of nitrogens with one attached hydrogen (secondary N) is 1. The van der Waals surface area contributed by atoms with Crippen molar-refractivity contribution in [1.82, 2.24) is 9.78 Å². The van der Waals surface area contributed by atoms with Crippen molar-refractivity contribution in [2.45, 2.75) is 26.3 Å². The van der Waals surface area contributed by atoms with Crippen molar-refractivity contribution in [2.75, 3.05) is 5.32 Å². The van der Waals surface area contributed by atoms with Gasteiger partial charge in [0.25, 0.3) is 0 Å². The van der Waals surface area contributed by atoms with Gasteiger partial charge in [0.1, 0.15) is 0 Å². The van der Waals surface area contributed by atoms with Gasteiger partial charge in [0.05, 0.1) is 6.04 Å². The predicted octanol–water partition coefficient (Wildman–Crippen LogP) is 2.68. The van der Waals surface area contributed by atoms with Crippen LogP contribution in [0, 0.1) is 0 Å². The van der Waals surface area contributed by atoms with Crippen LogP contribution in [0.25, 0.3) is 0 Å². The molecule has 0 aliphatic rings. The molecule has 1 aromatic carbocycles. The summed E-state index contributed by atoms with van der Waals surface area (Å²) < 4.78 is 1.75. The van der Waals surface area contributed by atoms with E-state index in [1.54, 1.807) is 35.1 Å². The molecule has 20 heavy (non-hydrogen) atoms. The second-order valence-corrected chi connectivity index (χ2v) is 4.72. The molecule has 1 amide bonds. The van der Waals surface area contributed by atoms with Gasteiger partial charge in [-0.3, -0.25) is 14.3 Å². The van der Waals surface area contributed by atoms with Crippen LogP contribution in [-0.2, 0) is 4.79 Å². The number of nitrogens with zero attached hydrogens (tertiary/aromatic N) is 2. The normalized spacial score (nSPS) is 11.9. The molecule has 1 aromatic heterocycles. The largest absolute Gasteiger partial charge is 0.326 e. The lowest BCUT2D eigenvalue weighted by Crippen LogP contribution is -2.17. The lowest BCUT2D eigenvalue weighted by Gasteiger charge is -2.12. The SMILES string of the molecule is CC(=O)c1ccc(NC(=O)C[C@@H](C)n2cccn2)cc1. The Kier molecular flexibility index (Phi) is 4.30. The predicted molar refractivity (Wildman–Crippen MR) is 76.6 cm³/mol. The van der Waals surface area contributed by atoms with Gasteiger partial charge in [-0.05, 0) is 44.2 Å². The minimum atomic E-state index is -0.0800. The van der Waals surface area contributed by atoms with Crippen molar-refractivity contribution >= 4 is 17.4 Å². The van der Waals surface area contributed by atoms with E-state index in [4.69, 9.17) is 0 Å². The first-order valence-corrected chi connectivity index (χ1v) is 6.46. The standard InChI is InChI=1S/C15H17N3O2/c1-11(18-9-3-8-16-18)10-15(20)17-14-6-4-13(5-7-14)12(2)19/h3-9,11H,10H2,1-2H3,(H,17,20)/t11-/m1/s1. The molecule has 0 saturated carbocycles. The highest BCUT2D eigenvalue weighted by Gasteiger charge is 2.11. The van der Waals surface area contributed by atoms with Gasteiger partial charge in [-0.25, -0.2) is 0 Å². The third kappa shape index (κ3) is 3.54. The van der Waals surface area contributed by atoms with E-state index in [9.17, 15) is 9.59 Å². The highest BCUT2D eigenvalue weighted by molar-refractivity contribution is 5.95. The summed E-state index contributed by atoms with van der Waals surface area (Å²) in [5.74, 6) is -0.0706. The maximum atomic E-state index is 11.9. The quantitative estimate of drug-likeness (QED) is 0.850. The Hall–Kier alpha value is -2.43. The molecule has 0 unspecified atom stereocenters. The summed E-state index contributed by atoms with van der Waals surface area (Å²) in [6.45, 7) is 3.45. The number of anilines is 1. The Labute approximate surface area is 117 Å². The van der Waals surface area contributed by atoms with Gasteiger partial charge in [-0.2, -0.15) is 5.10 Å². The molecule has 0 radical (unpaired) electrons. The van der Waals surface area contributed by atoms with E-state index in [0.717, 1.165) is 0 Å². The second-order valence-electron chi connectivity index (χ2n) is 4.72. The zero-order valence-electron chi connectivity index (χ0n) is 11.5. The number of benzene rings is 1. The van der Waals surface area contributed by atoms with Crippen LogP contribution in [0.15, 0.2) is 42.7 Å². The molecule has 104 valence electrons. The average molecular weight is 271 g/mol. The Morgan fingerprint density at radius 1 is 1.30 bits per heavy atom. The first kappa shape index (κ1) is 14.0. The van der Waals surface area contributed by atoms with Crippen LogP contribution in [0.4, 0.5) is 5.69 Å². The van der Waals surface area contributed by atoms with Crippen LogP contribution >= 0.6 is 0 Å². The van der Waals surface area contributed by atoms with E-state index >= 15 is 0 Å². The lowest BCUT2D eigenvalue weighted by molar-refractivity contribution is -0.116. The molecule has 0 saturated heterocycles. The van der Waals surface area contributed by atoms with Gasteiger partial charge in [0.2, 0.25) is 5.91 Å². The Morgan fingerprint density at radius 2 is 2.00 bits per heavy atom. The summed E-state index contributed by atoms with van der Waals surface area (Å²) in [6, 6.07) is 8.69. The molecule has 0 aliphatic carbocycles. The number of carbonyl (C=O) groups excluding carboxylic acids is 2. The van der Waals surface area contributed by atoms with Crippen molar-refractivity contribution in [3.8, 4) is 0 Å². The summed E-state index contributed by atoms with van der Waals surface area (Å²) in [5.41, 5.74) is 1.32. The first-order chi connectivity index (χ1) is 9.56. The van der Waals surface area contributed by atoms with Crippen LogP contribution in [0.3, 0.4) is 0 Å². The number of amides is 1. The number of hydrogen-bond donors (Lipinski definition) is 1. The minimum absolute atomic E-state index is 0.00138. The van der Waals surface area contributed by atoms with Crippen molar-refractivity contribution in [3.05, 3.63) is 48.3 Å². The van der Waals surface area contributed by atoms with E-state index in [-0.39, 0.29) is 17.7 Å². The molecular weight excluding hydrogens is 254 g/mol. The fourth-order valence-electron chi connectivity index (χ4n) is 1.90. The Bertz CT molecular complexity index is 588. The maximum Gasteiger partial charge on any atom is 0.226 e. The molecule has 5 nitrogen and oxygen atoms in total. The second kappa shape index (κ2) is 6.14. The molecule has 1 atom stereocenters. The van der Waals surface area contributed by atoms with E-state index < -0.39 is 0 Å². The first-order valence-electron chi connectivity index (χ1n) is 6.46. The number of ketones is 1. The summed E-state index contributed by atoms with van der Waals surface area (Å²) in [6.07, 6.45) is 3.87. The Morgan fingerprint density at radius 3 is 2.55 bits per heavy atom. The summed E-state index contributed by atoms with van der Waals surface area (Å²) >= 11 is 0. The molecule has 1 heterocycles. The van der Waals surface area contributed by atoms with Crippen molar-refractivity contribution in [3.63, 3.8) is 0 Å². The van der Waals surface area contributed by atoms with Gasteiger partial charge in [0, 0.05) is 30.1 Å². The van der Waals surface area contributed by atoms with E-state index in [1.807, 2.05) is 19.2 Å². The van der Waals surface area contributed by atoms with Crippen molar-refractivity contribution < 1.29 is 9.59 Å². The zero-order chi connectivity index (χ0) is 14.5. The van der Waals surface area contributed by atoms with Gasteiger partial charge in [0.15, 0.2) is 5.78 Å². The third-order valence-corrected chi connectivity index (χ3v) is 3.03. The van der Waals surface area contributed by atoms with E-state index in [2.05, 4.69) is 10.4 Å². The van der Waals surface area contributed by atoms with E-state index in [1.165, 1.54) is 6.92 Å². The zero-order valence-corrected chi connectivity index (χ0v) is 11.5. The number of Topliss-reactive ketones (excluding diaryl/α,β-unsaturated/α-hetero) is 1. The molecule has 5 heteroatoms. The maximum absolute atomic E-state index is 11.9. The third-order valence-electron chi connectivity index (χ3n) is 3.03. The molecular formula is C15H17N3O2. The van der Waals surface area contributed by atoms with Gasteiger partial charge < -0.3 is 5.32 Å². The molecule has 0 aliphatic heterocycles. The fourth-order valence-corrected chi connectivity index (χ4v) is 1.90. The number of rotatable bonds is 5. The minimum Gasteiger partial charge on any atom is -0.326 e. The number of carbonyl (C=O) groups is 2. The monoisotopic (exact) mass is 271 g/mol. The number of aromatic nitrogens is 2. The van der Waals surface area contributed by atoms with Crippen LogP contribution in [0.5, 0.6) is 0 Å². The lowest BCUT2D eigenvalue weighted by atomic mass is 10.1. The van der Waals surface area contributed by atoms with Crippen molar-refractivity contribution in [2.24, 2.45) is 0 Å². The van der Waals surface area contributed by atoms with Gasteiger partial charge in [-0.1, -0.05) is 0 Å². The number of hydrogen-bond acceptors (Lipinski definition) is 3. The summed E-state index contributed by atoms with van der Waals surface area (Å²) in [7, 11) is 0. The average Bonchev–Trinajstić information content (AvgIpc) is 2.93. The molecule has 0 spiro atoms. The highest BCUT2D eigenvalue weighted by Crippen LogP contribution is 2.13. The molecule has 2 aromatic rings. The van der Waals surface area contributed by atoms with Crippen molar-refractivity contribution in [1.29, 1.82) is 0 Å². The molecule has 0 bridgehead atoms. The summed E-state index contributed by atoms with van der Waals surface area (Å²) in [4.78, 5) is 23.1. The molecule has 0 fully saturated rings. The summed E-state index contributed by atoms with van der Waals surface area (Å²) in [5, 5.41) is 6.92. The highest BCUT2D eigenvalue weighted by atomic mass is 16.1. The van der Waals surface area contributed by atoms with Gasteiger partial charge in [-0.15, -0.1) is 0 Å². The molecule has 1 N–H and O–H groups in total. The smallest absolute Gasteiger partial charge is 0.226 e. The van der Waals surface area contributed by atoms with Crippen LogP contribution in [0.2, 0.25) is 0 Å². The Balaban J connectivity index is 1.92. The van der Waals surface area contributed by atoms with E-state index in [0.29, 0.717) is 17.7 Å². The van der Waals surface area contributed by atoms with Crippen LogP contribution in [0.1, 0.15) is 36.7 Å². The van der Waals surface area contributed by atoms with Crippen LogP contribution in [-0.4, -0.2) is 21.5 Å². The topological polar surface area (TPSA) is 64.0 Å².